The van der Waals surface area contributed by atoms with Crippen LogP contribution in [0.5, 0.6) is 0 Å². The summed E-state index contributed by atoms with van der Waals surface area (Å²) in [7, 11) is 1.74. The van der Waals surface area contributed by atoms with Gasteiger partial charge in [-0.05, 0) is 37.8 Å². The lowest BCUT2D eigenvalue weighted by Gasteiger charge is -2.18. The third-order valence-corrected chi connectivity index (χ3v) is 3.85. The number of aliphatic imine (C=N–C) groups is 1. The molecule has 148 valence electrons. The second kappa shape index (κ2) is 13.8. The fourth-order valence-electron chi connectivity index (χ4n) is 2.37. The molecule has 1 rings (SSSR count). The Bertz CT molecular complexity index is 545. The fraction of sp³-hybridized carbons (Fsp3) is 0.632. The van der Waals surface area contributed by atoms with Gasteiger partial charge < -0.3 is 16.0 Å². The van der Waals surface area contributed by atoms with Crippen LogP contribution in [0.1, 0.15) is 52.0 Å². The number of carbonyl (C=O) groups excluding carboxylic acids is 1. The molecule has 6 nitrogen and oxygen atoms in total. The Morgan fingerprint density at radius 2 is 1.96 bits per heavy atom. The van der Waals surface area contributed by atoms with E-state index in [0.29, 0.717) is 24.8 Å². The van der Waals surface area contributed by atoms with Gasteiger partial charge in [0.15, 0.2) is 5.96 Å². The first-order valence-electron chi connectivity index (χ1n) is 9.10. The molecule has 1 aromatic heterocycles. The van der Waals surface area contributed by atoms with Crippen molar-refractivity contribution in [2.45, 2.75) is 59.4 Å². The number of carbonyl (C=O) groups is 1. The summed E-state index contributed by atoms with van der Waals surface area (Å²) in [6, 6.07) is 4.09. The number of aromatic nitrogens is 1. The van der Waals surface area contributed by atoms with Crippen molar-refractivity contribution in [3.05, 3.63) is 23.9 Å². The van der Waals surface area contributed by atoms with Crippen molar-refractivity contribution in [3.63, 3.8) is 0 Å². The molecule has 0 aliphatic rings. The van der Waals surface area contributed by atoms with E-state index in [1.807, 2.05) is 13.0 Å². The Hall–Kier alpha value is -1.38. The van der Waals surface area contributed by atoms with Crippen LogP contribution < -0.4 is 16.0 Å². The van der Waals surface area contributed by atoms with Crippen LogP contribution in [0.4, 0.5) is 5.82 Å². The molecule has 0 aliphatic carbocycles. The standard InChI is InChI=1S/C19H33N5O.HI/c1-14(2)7-6-8-16(4)23-19(20-5)21-12-11-18(25)24-17-10-9-15(3)13-22-17;/h9-10,13-14,16H,6-8,11-12H2,1-5H3,(H2,20,21,23)(H,22,24,25);1H. The normalized spacial score (nSPS) is 12.3. The van der Waals surface area contributed by atoms with E-state index in [4.69, 9.17) is 0 Å². The lowest BCUT2D eigenvalue weighted by molar-refractivity contribution is -0.116. The summed E-state index contributed by atoms with van der Waals surface area (Å²) in [4.78, 5) is 20.3. The monoisotopic (exact) mass is 475 g/mol. The molecule has 0 radical (unpaired) electrons. The average Bonchev–Trinajstić information content (AvgIpc) is 2.55. The van der Waals surface area contributed by atoms with Crippen molar-refractivity contribution in [1.82, 2.24) is 15.6 Å². The smallest absolute Gasteiger partial charge is 0.227 e. The van der Waals surface area contributed by atoms with Crippen LogP contribution in [0.15, 0.2) is 23.3 Å². The Morgan fingerprint density at radius 1 is 1.23 bits per heavy atom. The summed E-state index contributed by atoms with van der Waals surface area (Å²) in [6.07, 6.45) is 5.65. The first-order chi connectivity index (χ1) is 11.9. The second-order valence-corrected chi connectivity index (χ2v) is 6.89. The van der Waals surface area contributed by atoms with Crippen LogP contribution in [0.25, 0.3) is 0 Å². The average molecular weight is 475 g/mol. The molecule has 1 amide bonds. The lowest BCUT2D eigenvalue weighted by atomic mass is 10.0. The van der Waals surface area contributed by atoms with E-state index in [2.05, 4.69) is 46.7 Å². The van der Waals surface area contributed by atoms with Gasteiger partial charge in [-0.1, -0.05) is 32.8 Å². The van der Waals surface area contributed by atoms with Gasteiger partial charge in [0, 0.05) is 32.3 Å². The molecule has 0 spiro atoms. The van der Waals surface area contributed by atoms with E-state index in [9.17, 15) is 4.79 Å². The first kappa shape index (κ1) is 24.6. The zero-order valence-corrected chi connectivity index (χ0v) is 19.0. The number of nitrogens with one attached hydrogen (secondary N) is 3. The largest absolute Gasteiger partial charge is 0.356 e. The Labute approximate surface area is 175 Å². The van der Waals surface area contributed by atoms with Gasteiger partial charge in [0.05, 0.1) is 0 Å². The van der Waals surface area contributed by atoms with Crippen molar-refractivity contribution in [2.24, 2.45) is 10.9 Å². The molecule has 0 saturated carbocycles. The minimum atomic E-state index is -0.0655. The van der Waals surface area contributed by atoms with Gasteiger partial charge in [0.2, 0.25) is 5.91 Å². The number of pyridine rings is 1. The first-order valence-corrected chi connectivity index (χ1v) is 9.10. The van der Waals surface area contributed by atoms with Crippen LogP contribution in [-0.4, -0.2) is 36.5 Å². The number of anilines is 1. The Morgan fingerprint density at radius 3 is 2.54 bits per heavy atom. The van der Waals surface area contributed by atoms with E-state index < -0.39 is 0 Å². The Balaban J connectivity index is 0.00000625. The van der Waals surface area contributed by atoms with Gasteiger partial charge in [-0.3, -0.25) is 9.79 Å². The molecule has 1 aromatic rings. The van der Waals surface area contributed by atoms with Crippen molar-refractivity contribution in [2.75, 3.05) is 18.9 Å². The van der Waals surface area contributed by atoms with E-state index in [1.165, 1.54) is 12.8 Å². The molecule has 26 heavy (non-hydrogen) atoms. The van der Waals surface area contributed by atoms with Crippen molar-refractivity contribution in [3.8, 4) is 0 Å². The minimum absolute atomic E-state index is 0. The van der Waals surface area contributed by atoms with Crippen LogP contribution >= 0.6 is 24.0 Å². The van der Waals surface area contributed by atoms with Crippen LogP contribution in [0.3, 0.4) is 0 Å². The lowest BCUT2D eigenvalue weighted by Crippen LogP contribution is -2.43. The minimum Gasteiger partial charge on any atom is -0.356 e. The zero-order valence-electron chi connectivity index (χ0n) is 16.6. The number of hydrogen-bond donors (Lipinski definition) is 3. The van der Waals surface area contributed by atoms with Crippen molar-refractivity contribution < 1.29 is 4.79 Å². The maximum atomic E-state index is 11.9. The number of guanidine groups is 1. The quantitative estimate of drug-likeness (QED) is 0.289. The fourth-order valence-corrected chi connectivity index (χ4v) is 2.37. The van der Waals surface area contributed by atoms with Gasteiger partial charge in [0.1, 0.15) is 5.82 Å². The predicted molar refractivity (Wildman–Crippen MR) is 120 cm³/mol. The van der Waals surface area contributed by atoms with E-state index in [0.717, 1.165) is 23.9 Å². The van der Waals surface area contributed by atoms with E-state index in [-0.39, 0.29) is 29.9 Å². The number of rotatable bonds is 9. The molecule has 0 aliphatic heterocycles. The molecule has 3 N–H and O–H groups in total. The molecule has 1 unspecified atom stereocenters. The summed E-state index contributed by atoms with van der Waals surface area (Å²) in [5, 5.41) is 9.34. The maximum Gasteiger partial charge on any atom is 0.227 e. The van der Waals surface area contributed by atoms with Crippen molar-refractivity contribution >= 4 is 41.7 Å². The highest BCUT2D eigenvalue weighted by Crippen LogP contribution is 2.08. The van der Waals surface area contributed by atoms with E-state index >= 15 is 0 Å². The van der Waals surface area contributed by atoms with Gasteiger partial charge in [-0.15, -0.1) is 24.0 Å². The topological polar surface area (TPSA) is 78.4 Å². The number of amides is 1. The Kier molecular flexibility index (Phi) is 13.0. The third kappa shape index (κ3) is 11.3. The second-order valence-electron chi connectivity index (χ2n) is 6.89. The predicted octanol–water partition coefficient (Wildman–Crippen LogP) is 3.72. The SMILES string of the molecule is CN=C(NCCC(=O)Nc1ccc(C)cn1)NC(C)CCCC(C)C.I. The van der Waals surface area contributed by atoms with Gasteiger partial charge in [-0.25, -0.2) is 4.98 Å². The zero-order chi connectivity index (χ0) is 18.7. The van der Waals surface area contributed by atoms with E-state index in [1.54, 1.807) is 19.3 Å². The molecule has 1 atom stereocenters. The number of aryl methyl sites for hydroxylation is 1. The number of nitrogens with zero attached hydrogens (tertiary/aromatic N) is 2. The maximum absolute atomic E-state index is 11.9. The van der Waals surface area contributed by atoms with Crippen molar-refractivity contribution in [1.29, 1.82) is 0 Å². The molecule has 0 bridgehead atoms. The highest BCUT2D eigenvalue weighted by atomic mass is 127. The molecule has 0 aromatic carbocycles. The molecule has 7 heteroatoms. The van der Waals surface area contributed by atoms with Crippen LogP contribution in [-0.2, 0) is 4.79 Å². The number of halogens is 1. The number of hydrogen-bond acceptors (Lipinski definition) is 3. The molecular weight excluding hydrogens is 441 g/mol. The molecule has 0 saturated heterocycles. The third-order valence-electron chi connectivity index (χ3n) is 3.85. The molecule has 1 heterocycles. The molecule has 0 fully saturated rings. The van der Waals surface area contributed by atoms with Crippen LogP contribution in [0.2, 0.25) is 0 Å². The van der Waals surface area contributed by atoms with Gasteiger partial charge in [-0.2, -0.15) is 0 Å². The van der Waals surface area contributed by atoms with Crippen LogP contribution in [0, 0.1) is 12.8 Å². The summed E-state index contributed by atoms with van der Waals surface area (Å²) in [5.41, 5.74) is 1.07. The highest BCUT2D eigenvalue weighted by molar-refractivity contribution is 14.0. The summed E-state index contributed by atoms with van der Waals surface area (Å²) < 4.78 is 0. The van der Waals surface area contributed by atoms with Gasteiger partial charge in [0.25, 0.3) is 0 Å². The summed E-state index contributed by atoms with van der Waals surface area (Å²) in [6.45, 7) is 9.13. The summed E-state index contributed by atoms with van der Waals surface area (Å²) in [5.74, 6) is 1.99. The summed E-state index contributed by atoms with van der Waals surface area (Å²) >= 11 is 0. The molecular formula is C19H34IN5O. The highest BCUT2D eigenvalue weighted by Gasteiger charge is 2.07. The van der Waals surface area contributed by atoms with Gasteiger partial charge >= 0.3 is 0 Å².